The van der Waals surface area contributed by atoms with Gasteiger partial charge in [-0.1, -0.05) is 29.8 Å². The number of hydrogen-bond acceptors (Lipinski definition) is 2. The van der Waals surface area contributed by atoms with Gasteiger partial charge in [0, 0.05) is 38.4 Å². The standard InChI is InChI=1S/C16H22ClN5/c1-18-16(19-9-7-13-11-21-22(2)12-13)20-10-8-14-5-3-4-6-15(14)17/h3-6,11-12H,7-10H2,1-2H3,(H2,18,19,20). The van der Waals surface area contributed by atoms with Gasteiger partial charge in [0.15, 0.2) is 5.96 Å². The summed E-state index contributed by atoms with van der Waals surface area (Å²) in [6, 6.07) is 7.90. The van der Waals surface area contributed by atoms with Gasteiger partial charge in [0.1, 0.15) is 0 Å². The normalized spacial score (nSPS) is 11.5. The summed E-state index contributed by atoms with van der Waals surface area (Å²) in [5.74, 6) is 0.802. The van der Waals surface area contributed by atoms with Gasteiger partial charge < -0.3 is 10.6 Å². The molecule has 1 aromatic heterocycles. The first-order valence-electron chi connectivity index (χ1n) is 7.34. The number of halogens is 1. The Hall–Kier alpha value is -2.01. The Bertz CT molecular complexity index is 621. The third-order valence-corrected chi connectivity index (χ3v) is 3.70. The molecule has 0 aliphatic carbocycles. The van der Waals surface area contributed by atoms with Gasteiger partial charge in [0.2, 0.25) is 0 Å². The number of aliphatic imine (C=N–C) groups is 1. The molecule has 0 fully saturated rings. The smallest absolute Gasteiger partial charge is 0.190 e. The highest BCUT2D eigenvalue weighted by Gasteiger charge is 2.01. The zero-order valence-corrected chi connectivity index (χ0v) is 13.8. The number of guanidine groups is 1. The Morgan fingerprint density at radius 1 is 1.23 bits per heavy atom. The highest BCUT2D eigenvalue weighted by molar-refractivity contribution is 6.31. The number of rotatable bonds is 6. The van der Waals surface area contributed by atoms with Crippen LogP contribution < -0.4 is 10.6 Å². The fraction of sp³-hybridized carbons (Fsp3) is 0.375. The highest BCUT2D eigenvalue weighted by Crippen LogP contribution is 2.14. The van der Waals surface area contributed by atoms with Gasteiger partial charge in [0.05, 0.1) is 6.20 Å². The molecular weight excluding hydrogens is 298 g/mol. The number of aryl methyl sites for hydroxylation is 1. The zero-order valence-electron chi connectivity index (χ0n) is 13.0. The molecule has 5 nitrogen and oxygen atoms in total. The molecule has 0 unspecified atom stereocenters. The number of benzene rings is 1. The molecule has 0 atom stereocenters. The molecule has 0 aliphatic heterocycles. The van der Waals surface area contributed by atoms with E-state index in [9.17, 15) is 0 Å². The molecule has 0 spiro atoms. The summed E-state index contributed by atoms with van der Waals surface area (Å²) in [4.78, 5) is 4.22. The van der Waals surface area contributed by atoms with Crippen LogP contribution in [-0.4, -0.2) is 35.9 Å². The zero-order chi connectivity index (χ0) is 15.8. The van der Waals surface area contributed by atoms with E-state index in [1.54, 1.807) is 7.05 Å². The van der Waals surface area contributed by atoms with Crippen LogP contribution in [0.15, 0.2) is 41.7 Å². The molecule has 1 aromatic carbocycles. The Balaban J connectivity index is 1.70. The van der Waals surface area contributed by atoms with Crippen molar-refractivity contribution in [1.82, 2.24) is 20.4 Å². The van der Waals surface area contributed by atoms with Gasteiger partial charge >= 0.3 is 0 Å². The van der Waals surface area contributed by atoms with Crippen molar-refractivity contribution in [1.29, 1.82) is 0 Å². The van der Waals surface area contributed by atoms with Gasteiger partial charge in [-0.3, -0.25) is 9.67 Å². The van der Waals surface area contributed by atoms with Gasteiger partial charge in [-0.15, -0.1) is 0 Å². The van der Waals surface area contributed by atoms with Crippen molar-refractivity contribution < 1.29 is 0 Å². The average Bonchev–Trinajstić information content (AvgIpc) is 2.93. The van der Waals surface area contributed by atoms with Crippen LogP contribution in [0.1, 0.15) is 11.1 Å². The second-order valence-corrected chi connectivity index (χ2v) is 5.45. The van der Waals surface area contributed by atoms with Gasteiger partial charge in [-0.05, 0) is 30.0 Å². The lowest BCUT2D eigenvalue weighted by atomic mass is 10.1. The van der Waals surface area contributed by atoms with Crippen molar-refractivity contribution in [2.45, 2.75) is 12.8 Å². The number of hydrogen-bond donors (Lipinski definition) is 2. The van der Waals surface area contributed by atoms with Crippen LogP contribution >= 0.6 is 11.6 Å². The van der Waals surface area contributed by atoms with Crippen molar-refractivity contribution >= 4 is 17.6 Å². The Morgan fingerprint density at radius 2 is 1.95 bits per heavy atom. The van der Waals surface area contributed by atoms with Crippen molar-refractivity contribution in [3.63, 3.8) is 0 Å². The van der Waals surface area contributed by atoms with Crippen molar-refractivity contribution in [3.05, 3.63) is 52.8 Å². The second kappa shape index (κ2) is 8.44. The fourth-order valence-corrected chi connectivity index (χ4v) is 2.39. The SMILES string of the molecule is CN=C(NCCc1cnn(C)c1)NCCc1ccccc1Cl. The van der Waals surface area contributed by atoms with E-state index in [-0.39, 0.29) is 0 Å². The minimum absolute atomic E-state index is 0.788. The number of aromatic nitrogens is 2. The van der Waals surface area contributed by atoms with E-state index < -0.39 is 0 Å². The third-order valence-electron chi connectivity index (χ3n) is 3.33. The molecule has 6 heteroatoms. The molecule has 0 bridgehead atoms. The maximum absolute atomic E-state index is 6.15. The predicted molar refractivity (Wildman–Crippen MR) is 91.4 cm³/mol. The molecular formula is C16H22ClN5. The maximum Gasteiger partial charge on any atom is 0.190 e. The van der Waals surface area contributed by atoms with Gasteiger partial charge in [-0.2, -0.15) is 5.10 Å². The topological polar surface area (TPSA) is 54.2 Å². The maximum atomic E-state index is 6.15. The molecule has 0 radical (unpaired) electrons. The third kappa shape index (κ3) is 5.07. The van der Waals surface area contributed by atoms with Crippen LogP contribution in [0.5, 0.6) is 0 Å². The molecule has 0 saturated heterocycles. The van der Waals surface area contributed by atoms with E-state index in [1.807, 2.05) is 48.4 Å². The minimum Gasteiger partial charge on any atom is -0.356 e. The van der Waals surface area contributed by atoms with Crippen LogP contribution in [-0.2, 0) is 19.9 Å². The van der Waals surface area contributed by atoms with Crippen molar-refractivity contribution in [2.24, 2.45) is 12.0 Å². The van der Waals surface area contributed by atoms with E-state index >= 15 is 0 Å². The summed E-state index contributed by atoms with van der Waals surface area (Å²) >= 11 is 6.15. The first kappa shape index (κ1) is 16.4. The van der Waals surface area contributed by atoms with Crippen LogP contribution in [0.4, 0.5) is 0 Å². The molecule has 22 heavy (non-hydrogen) atoms. The lowest BCUT2D eigenvalue weighted by molar-refractivity contribution is 0.764. The lowest BCUT2D eigenvalue weighted by Gasteiger charge is -2.12. The summed E-state index contributed by atoms with van der Waals surface area (Å²) < 4.78 is 1.81. The first-order chi connectivity index (χ1) is 10.7. The van der Waals surface area contributed by atoms with Crippen molar-refractivity contribution in [2.75, 3.05) is 20.1 Å². The Morgan fingerprint density at radius 3 is 2.59 bits per heavy atom. The Kier molecular flexibility index (Phi) is 6.27. The summed E-state index contributed by atoms with van der Waals surface area (Å²) in [7, 11) is 3.70. The predicted octanol–water partition coefficient (Wildman–Crippen LogP) is 2.02. The minimum atomic E-state index is 0.788. The average molecular weight is 320 g/mol. The van der Waals surface area contributed by atoms with Crippen LogP contribution in [0, 0.1) is 0 Å². The summed E-state index contributed by atoms with van der Waals surface area (Å²) in [5.41, 5.74) is 2.35. The van der Waals surface area contributed by atoms with Gasteiger partial charge in [-0.25, -0.2) is 0 Å². The molecule has 2 N–H and O–H groups in total. The molecule has 118 valence electrons. The molecule has 0 aliphatic rings. The summed E-state index contributed by atoms with van der Waals surface area (Å²) in [6.45, 7) is 1.60. The monoisotopic (exact) mass is 319 g/mol. The highest BCUT2D eigenvalue weighted by atomic mass is 35.5. The lowest BCUT2D eigenvalue weighted by Crippen LogP contribution is -2.39. The van der Waals surface area contributed by atoms with E-state index in [0.717, 1.165) is 42.5 Å². The van der Waals surface area contributed by atoms with E-state index in [4.69, 9.17) is 11.6 Å². The largest absolute Gasteiger partial charge is 0.356 e. The van der Waals surface area contributed by atoms with Crippen molar-refractivity contribution in [3.8, 4) is 0 Å². The van der Waals surface area contributed by atoms with Crippen LogP contribution in [0.25, 0.3) is 0 Å². The molecule has 0 amide bonds. The van der Waals surface area contributed by atoms with Crippen LogP contribution in [0.2, 0.25) is 5.02 Å². The summed E-state index contributed by atoms with van der Waals surface area (Å²) in [6.07, 6.45) is 5.69. The molecule has 2 rings (SSSR count). The van der Waals surface area contributed by atoms with Gasteiger partial charge in [0.25, 0.3) is 0 Å². The van der Waals surface area contributed by atoms with E-state index in [2.05, 4.69) is 20.7 Å². The first-order valence-corrected chi connectivity index (χ1v) is 7.72. The summed E-state index contributed by atoms with van der Waals surface area (Å²) in [5, 5.41) is 11.6. The van der Waals surface area contributed by atoms with E-state index in [0.29, 0.717) is 0 Å². The number of nitrogens with one attached hydrogen (secondary N) is 2. The molecule has 2 aromatic rings. The fourth-order valence-electron chi connectivity index (χ4n) is 2.16. The quantitative estimate of drug-likeness (QED) is 0.633. The van der Waals surface area contributed by atoms with Crippen LogP contribution in [0.3, 0.4) is 0 Å². The number of nitrogens with zero attached hydrogens (tertiary/aromatic N) is 3. The Labute approximate surface area is 136 Å². The molecule has 0 saturated carbocycles. The van der Waals surface area contributed by atoms with E-state index in [1.165, 1.54) is 5.56 Å². The second-order valence-electron chi connectivity index (χ2n) is 5.04. The molecule has 1 heterocycles.